The molecular weight excluding hydrogens is 388 g/mol. The van der Waals surface area contributed by atoms with Crippen LogP contribution in [0.1, 0.15) is 44.7 Å². The minimum absolute atomic E-state index is 0.0883. The van der Waals surface area contributed by atoms with Crippen molar-refractivity contribution in [2.75, 3.05) is 23.7 Å². The molecule has 8 heteroatoms. The van der Waals surface area contributed by atoms with Gasteiger partial charge >= 0.3 is 0 Å². The van der Waals surface area contributed by atoms with Gasteiger partial charge in [-0.3, -0.25) is 0 Å². The molecule has 2 fully saturated rings. The lowest BCUT2D eigenvalue weighted by Crippen LogP contribution is -2.50. The van der Waals surface area contributed by atoms with Gasteiger partial charge in [0.2, 0.25) is 5.95 Å². The highest BCUT2D eigenvalue weighted by Crippen LogP contribution is 2.37. The number of nitrogens with one attached hydrogen (secondary N) is 2. The van der Waals surface area contributed by atoms with Crippen LogP contribution in [-0.4, -0.2) is 43.9 Å². The Morgan fingerprint density at radius 3 is 2.71 bits per heavy atom. The van der Waals surface area contributed by atoms with Crippen molar-refractivity contribution in [3.05, 3.63) is 23.2 Å². The minimum atomic E-state index is 0.0883. The highest BCUT2D eigenvalue weighted by molar-refractivity contribution is 7.17. The van der Waals surface area contributed by atoms with E-state index in [9.17, 15) is 0 Å². The molecule has 0 unspecified atom stereocenters. The van der Waals surface area contributed by atoms with Gasteiger partial charge in [0.1, 0.15) is 10.8 Å². The molecule has 2 aliphatic rings. The maximum absolute atomic E-state index is 4.84. The van der Waals surface area contributed by atoms with Crippen LogP contribution in [0.4, 0.5) is 16.8 Å². The summed E-state index contributed by atoms with van der Waals surface area (Å²) in [5, 5.41) is 10.2. The standard InChI is InChI=1S/C20H26N6S2/c1-13-12-16(28-25-13)22-19-21-15-6-11-27-17(15)18(23-19)24-20(2)7-4-14(5-8-20)26-9-3-10-26/h6,11-12,14H,3-5,7-10H2,1-2H3,(H2,21,22,23,24). The zero-order valence-corrected chi connectivity index (χ0v) is 18.0. The van der Waals surface area contributed by atoms with Crippen LogP contribution in [0.15, 0.2) is 17.5 Å². The Morgan fingerprint density at radius 2 is 2.04 bits per heavy atom. The van der Waals surface area contributed by atoms with Gasteiger partial charge in [-0.1, -0.05) is 0 Å². The van der Waals surface area contributed by atoms with Gasteiger partial charge in [0.05, 0.1) is 15.9 Å². The quantitative estimate of drug-likeness (QED) is 0.611. The van der Waals surface area contributed by atoms with E-state index in [1.165, 1.54) is 56.7 Å². The van der Waals surface area contributed by atoms with Crippen LogP contribution in [0.2, 0.25) is 0 Å². The lowest BCUT2D eigenvalue weighted by atomic mass is 9.79. The highest BCUT2D eigenvalue weighted by atomic mass is 32.1. The van der Waals surface area contributed by atoms with E-state index in [1.54, 1.807) is 11.3 Å². The molecule has 3 aromatic heterocycles. The average molecular weight is 415 g/mol. The van der Waals surface area contributed by atoms with Gasteiger partial charge in [-0.05, 0) is 88.1 Å². The topological polar surface area (TPSA) is 66.0 Å². The Hall–Kier alpha value is -1.77. The van der Waals surface area contributed by atoms with Crippen molar-refractivity contribution in [3.63, 3.8) is 0 Å². The van der Waals surface area contributed by atoms with Gasteiger partial charge in [-0.15, -0.1) is 11.3 Å². The summed E-state index contributed by atoms with van der Waals surface area (Å²) < 4.78 is 5.47. The van der Waals surface area contributed by atoms with Crippen LogP contribution in [0.3, 0.4) is 0 Å². The van der Waals surface area contributed by atoms with Gasteiger partial charge in [0, 0.05) is 11.6 Å². The van der Waals surface area contributed by atoms with Gasteiger partial charge in [0.25, 0.3) is 0 Å². The molecular formula is C20H26N6S2. The first kappa shape index (κ1) is 18.3. The van der Waals surface area contributed by atoms with E-state index in [4.69, 9.17) is 9.97 Å². The number of likely N-dealkylation sites (tertiary alicyclic amines) is 1. The number of aromatic nitrogens is 3. The van der Waals surface area contributed by atoms with Gasteiger partial charge < -0.3 is 15.5 Å². The normalized spacial score (nSPS) is 25.6. The van der Waals surface area contributed by atoms with Crippen LogP contribution in [0, 0.1) is 6.92 Å². The molecule has 6 nitrogen and oxygen atoms in total. The smallest absolute Gasteiger partial charge is 0.230 e. The molecule has 0 bridgehead atoms. The zero-order valence-electron chi connectivity index (χ0n) is 16.4. The first-order valence-corrected chi connectivity index (χ1v) is 11.7. The van der Waals surface area contributed by atoms with Crippen molar-refractivity contribution in [2.24, 2.45) is 0 Å². The van der Waals surface area contributed by atoms with Crippen LogP contribution in [-0.2, 0) is 0 Å². The molecule has 1 saturated heterocycles. The summed E-state index contributed by atoms with van der Waals surface area (Å²) >= 11 is 3.14. The lowest BCUT2D eigenvalue weighted by Gasteiger charge is -2.45. The maximum Gasteiger partial charge on any atom is 0.230 e. The summed E-state index contributed by atoms with van der Waals surface area (Å²) in [6.07, 6.45) is 6.28. The maximum atomic E-state index is 4.84. The van der Waals surface area contributed by atoms with Crippen LogP contribution >= 0.6 is 22.9 Å². The predicted molar refractivity (Wildman–Crippen MR) is 118 cm³/mol. The summed E-state index contributed by atoms with van der Waals surface area (Å²) in [7, 11) is 0. The molecule has 0 atom stereocenters. The molecule has 2 N–H and O–H groups in total. The molecule has 1 saturated carbocycles. The fraction of sp³-hybridized carbons (Fsp3) is 0.550. The van der Waals surface area contributed by atoms with E-state index in [0.29, 0.717) is 5.95 Å². The largest absolute Gasteiger partial charge is 0.364 e. The van der Waals surface area contributed by atoms with Gasteiger partial charge in [-0.25, -0.2) is 4.98 Å². The Kier molecular flexibility index (Phi) is 4.72. The van der Waals surface area contributed by atoms with Crippen molar-refractivity contribution in [1.82, 2.24) is 19.2 Å². The number of aryl methyl sites for hydroxylation is 1. The minimum Gasteiger partial charge on any atom is -0.364 e. The summed E-state index contributed by atoms with van der Waals surface area (Å²) in [5.41, 5.74) is 2.09. The highest BCUT2D eigenvalue weighted by Gasteiger charge is 2.35. The molecule has 3 aromatic rings. The molecule has 0 spiro atoms. The van der Waals surface area contributed by atoms with Crippen molar-refractivity contribution in [2.45, 2.75) is 57.5 Å². The number of thiophene rings is 1. The fourth-order valence-electron chi connectivity index (χ4n) is 4.26. The van der Waals surface area contributed by atoms with E-state index in [-0.39, 0.29) is 5.54 Å². The third kappa shape index (κ3) is 3.60. The molecule has 5 rings (SSSR count). The molecule has 0 aromatic carbocycles. The Morgan fingerprint density at radius 1 is 1.21 bits per heavy atom. The molecule has 28 heavy (non-hydrogen) atoms. The second-order valence-corrected chi connectivity index (χ2v) is 10.0. The Balaban J connectivity index is 1.36. The average Bonchev–Trinajstić information content (AvgIpc) is 3.24. The first-order valence-electron chi connectivity index (χ1n) is 10.1. The zero-order chi connectivity index (χ0) is 19.1. The van der Waals surface area contributed by atoms with Crippen molar-refractivity contribution in [3.8, 4) is 0 Å². The second kappa shape index (κ2) is 7.24. The third-order valence-electron chi connectivity index (χ3n) is 6.05. The number of nitrogens with zero attached hydrogens (tertiary/aromatic N) is 4. The Bertz CT molecular complexity index is 968. The summed E-state index contributed by atoms with van der Waals surface area (Å²) in [6.45, 7) is 6.93. The SMILES string of the molecule is Cc1cc(Nc2nc(NC3(C)CCC(N4CCC4)CC3)c3sccc3n2)sn1. The van der Waals surface area contributed by atoms with E-state index < -0.39 is 0 Å². The van der Waals surface area contributed by atoms with E-state index in [0.717, 1.165) is 32.8 Å². The van der Waals surface area contributed by atoms with Crippen LogP contribution in [0.5, 0.6) is 0 Å². The molecule has 1 aliphatic heterocycles. The number of hydrogen-bond donors (Lipinski definition) is 2. The molecule has 1 aliphatic carbocycles. The number of rotatable bonds is 5. The van der Waals surface area contributed by atoms with Crippen LogP contribution < -0.4 is 10.6 Å². The van der Waals surface area contributed by atoms with E-state index >= 15 is 0 Å². The van der Waals surface area contributed by atoms with Crippen LogP contribution in [0.25, 0.3) is 10.2 Å². The monoisotopic (exact) mass is 414 g/mol. The van der Waals surface area contributed by atoms with Crippen molar-refractivity contribution in [1.29, 1.82) is 0 Å². The molecule has 0 amide bonds. The molecule has 148 valence electrons. The predicted octanol–water partition coefficient (Wildman–Crippen LogP) is 5.02. The van der Waals surface area contributed by atoms with Gasteiger partial charge in [-0.2, -0.15) is 9.36 Å². The summed E-state index contributed by atoms with van der Waals surface area (Å²) in [5.74, 6) is 1.59. The summed E-state index contributed by atoms with van der Waals surface area (Å²) in [4.78, 5) is 12.2. The van der Waals surface area contributed by atoms with Crippen molar-refractivity contribution < 1.29 is 0 Å². The fourth-order valence-corrected chi connectivity index (χ4v) is 5.69. The number of fused-ring (bicyclic) bond motifs is 1. The lowest BCUT2D eigenvalue weighted by molar-refractivity contribution is 0.0785. The second-order valence-electron chi connectivity index (χ2n) is 8.29. The van der Waals surface area contributed by atoms with Gasteiger partial charge in [0.15, 0.2) is 0 Å². The summed E-state index contributed by atoms with van der Waals surface area (Å²) in [6, 6.07) is 4.87. The molecule has 4 heterocycles. The van der Waals surface area contributed by atoms with E-state index in [2.05, 4.69) is 38.3 Å². The number of hydrogen-bond acceptors (Lipinski definition) is 8. The molecule has 0 radical (unpaired) electrons. The number of anilines is 3. The third-order valence-corrected chi connectivity index (χ3v) is 7.76. The van der Waals surface area contributed by atoms with E-state index in [1.807, 2.05) is 13.0 Å². The Labute approximate surface area is 173 Å². The van der Waals surface area contributed by atoms with Crippen molar-refractivity contribution >= 4 is 49.9 Å². The first-order chi connectivity index (χ1) is 13.6.